The molecule has 0 saturated heterocycles. The van der Waals surface area contributed by atoms with E-state index in [1.165, 1.54) is 25.7 Å². The lowest BCUT2D eigenvalue weighted by atomic mass is 9.78. The van der Waals surface area contributed by atoms with E-state index in [-0.39, 0.29) is 0 Å². The highest BCUT2D eigenvalue weighted by atomic mass is 16.5. The van der Waals surface area contributed by atoms with Gasteiger partial charge >= 0.3 is 0 Å². The Hall–Kier alpha value is -0.0800. The molecule has 1 aliphatic carbocycles. The first-order valence-corrected chi connectivity index (χ1v) is 5.61. The van der Waals surface area contributed by atoms with Crippen LogP contribution in [0.15, 0.2) is 0 Å². The molecule has 1 rings (SSSR count). The van der Waals surface area contributed by atoms with Crippen molar-refractivity contribution in [3.05, 3.63) is 0 Å². The van der Waals surface area contributed by atoms with Crippen molar-refractivity contribution in [3.63, 3.8) is 0 Å². The fourth-order valence-electron chi connectivity index (χ4n) is 2.22. The summed E-state index contributed by atoms with van der Waals surface area (Å²) in [6, 6.07) is 0.384. The average molecular weight is 185 g/mol. The molecule has 2 heteroatoms. The van der Waals surface area contributed by atoms with E-state index in [1.807, 2.05) is 6.92 Å². The van der Waals surface area contributed by atoms with E-state index in [9.17, 15) is 0 Å². The van der Waals surface area contributed by atoms with Crippen LogP contribution in [0.3, 0.4) is 0 Å². The molecule has 0 aromatic rings. The van der Waals surface area contributed by atoms with Crippen molar-refractivity contribution in [2.45, 2.75) is 45.6 Å². The number of hydrogen-bond acceptors (Lipinski definition) is 2. The SMILES string of the molecule is CCOCC1CC(CC)CCC1N. The van der Waals surface area contributed by atoms with Crippen LogP contribution >= 0.6 is 0 Å². The van der Waals surface area contributed by atoms with E-state index in [0.717, 1.165) is 19.1 Å². The minimum atomic E-state index is 0.384. The maximum Gasteiger partial charge on any atom is 0.0509 e. The molecule has 3 atom stereocenters. The molecular formula is C11H23NO. The van der Waals surface area contributed by atoms with E-state index < -0.39 is 0 Å². The summed E-state index contributed by atoms with van der Waals surface area (Å²) in [7, 11) is 0. The second-order valence-corrected chi connectivity index (χ2v) is 4.17. The van der Waals surface area contributed by atoms with Gasteiger partial charge in [0.15, 0.2) is 0 Å². The van der Waals surface area contributed by atoms with Crippen molar-refractivity contribution < 1.29 is 4.74 Å². The van der Waals surface area contributed by atoms with Crippen molar-refractivity contribution in [1.82, 2.24) is 0 Å². The third-order valence-electron chi connectivity index (χ3n) is 3.26. The highest BCUT2D eigenvalue weighted by Crippen LogP contribution is 2.30. The van der Waals surface area contributed by atoms with Gasteiger partial charge in [0.2, 0.25) is 0 Å². The van der Waals surface area contributed by atoms with E-state index in [1.54, 1.807) is 0 Å². The topological polar surface area (TPSA) is 35.2 Å². The molecule has 0 bridgehead atoms. The fourth-order valence-corrected chi connectivity index (χ4v) is 2.22. The molecule has 1 fully saturated rings. The Labute approximate surface area is 81.8 Å². The van der Waals surface area contributed by atoms with Crippen LogP contribution in [0.4, 0.5) is 0 Å². The normalized spacial score (nSPS) is 34.8. The summed E-state index contributed by atoms with van der Waals surface area (Å²) < 4.78 is 5.46. The first kappa shape index (κ1) is 11.0. The van der Waals surface area contributed by atoms with E-state index >= 15 is 0 Å². The second kappa shape index (κ2) is 5.61. The lowest BCUT2D eigenvalue weighted by Crippen LogP contribution is -2.38. The van der Waals surface area contributed by atoms with Crippen LogP contribution in [0.25, 0.3) is 0 Å². The standard InChI is InChI=1S/C11H23NO/c1-3-9-5-6-11(12)10(7-9)8-13-4-2/h9-11H,3-8,12H2,1-2H3. The molecule has 78 valence electrons. The summed E-state index contributed by atoms with van der Waals surface area (Å²) in [5.41, 5.74) is 6.06. The van der Waals surface area contributed by atoms with Crippen LogP contribution < -0.4 is 5.73 Å². The Balaban J connectivity index is 2.31. The van der Waals surface area contributed by atoms with Gasteiger partial charge in [-0.1, -0.05) is 13.3 Å². The molecule has 0 radical (unpaired) electrons. The van der Waals surface area contributed by atoms with E-state index in [4.69, 9.17) is 10.5 Å². The van der Waals surface area contributed by atoms with Crippen LogP contribution in [0.2, 0.25) is 0 Å². The van der Waals surface area contributed by atoms with Crippen molar-refractivity contribution >= 4 is 0 Å². The molecule has 13 heavy (non-hydrogen) atoms. The third kappa shape index (κ3) is 3.28. The third-order valence-corrected chi connectivity index (χ3v) is 3.26. The first-order chi connectivity index (χ1) is 6.27. The summed E-state index contributed by atoms with van der Waals surface area (Å²) in [5, 5.41) is 0. The van der Waals surface area contributed by atoms with Crippen molar-refractivity contribution in [2.75, 3.05) is 13.2 Å². The highest BCUT2D eigenvalue weighted by molar-refractivity contribution is 4.81. The van der Waals surface area contributed by atoms with Crippen LogP contribution in [-0.4, -0.2) is 19.3 Å². The Morgan fingerprint density at radius 3 is 2.69 bits per heavy atom. The van der Waals surface area contributed by atoms with Gasteiger partial charge in [0, 0.05) is 12.6 Å². The lowest BCUT2D eigenvalue weighted by molar-refractivity contribution is 0.0720. The van der Waals surface area contributed by atoms with Gasteiger partial charge in [0.05, 0.1) is 6.61 Å². The molecule has 0 aromatic carbocycles. The second-order valence-electron chi connectivity index (χ2n) is 4.17. The van der Waals surface area contributed by atoms with Crippen molar-refractivity contribution in [3.8, 4) is 0 Å². The quantitative estimate of drug-likeness (QED) is 0.728. The van der Waals surface area contributed by atoms with Gasteiger partial charge in [-0.25, -0.2) is 0 Å². The number of ether oxygens (including phenoxy) is 1. The predicted octanol–water partition coefficient (Wildman–Crippen LogP) is 2.18. The largest absolute Gasteiger partial charge is 0.381 e. The average Bonchev–Trinajstić information content (AvgIpc) is 2.17. The Bertz CT molecular complexity index is 138. The summed E-state index contributed by atoms with van der Waals surface area (Å²) in [6.45, 7) is 6.01. The van der Waals surface area contributed by atoms with Gasteiger partial charge in [-0.3, -0.25) is 0 Å². The van der Waals surface area contributed by atoms with Crippen LogP contribution in [0.5, 0.6) is 0 Å². The van der Waals surface area contributed by atoms with E-state index in [0.29, 0.717) is 12.0 Å². The van der Waals surface area contributed by atoms with Crippen LogP contribution in [0, 0.1) is 11.8 Å². The Morgan fingerprint density at radius 2 is 2.08 bits per heavy atom. The molecular weight excluding hydrogens is 162 g/mol. The van der Waals surface area contributed by atoms with Crippen molar-refractivity contribution in [1.29, 1.82) is 0 Å². The molecule has 2 N–H and O–H groups in total. The highest BCUT2D eigenvalue weighted by Gasteiger charge is 2.26. The lowest BCUT2D eigenvalue weighted by Gasteiger charge is -2.33. The first-order valence-electron chi connectivity index (χ1n) is 5.61. The number of rotatable bonds is 4. The maximum atomic E-state index is 6.06. The Morgan fingerprint density at radius 1 is 1.31 bits per heavy atom. The van der Waals surface area contributed by atoms with E-state index in [2.05, 4.69) is 6.92 Å². The fraction of sp³-hybridized carbons (Fsp3) is 1.00. The molecule has 0 spiro atoms. The van der Waals surface area contributed by atoms with Gasteiger partial charge < -0.3 is 10.5 Å². The number of hydrogen-bond donors (Lipinski definition) is 1. The Kier molecular flexibility index (Phi) is 4.74. The molecule has 2 nitrogen and oxygen atoms in total. The molecule has 3 unspecified atom stereocenters. The zero-order chi connectivity index (χ0) is 9.68. The molecule has 0 heterocycles. The van der Waals surface area contributed by atoms with Gasteiger partial charge in [0.1, 0.15) is 0 Å². The smallest absolute Gasteiger partial charge is 0.0509 e. The van der Waals surface area contributed by atoms with Crippen LogP contribution in [0.1, 0.15) is 39.5 Å². The maximum absolute atomic E-state index is 6.06. The van der Waals surface area contributed by atoms with Crippen molar-refractivity contribution in [2.24, 2.45) is 17.6 Å². The number of nitrogens with two attached hydrogens (primary N) is 1. The monoisotopic (exact) mass is 185 g/mol. The van der Waals surface area contributed by atoms with Gasteiger partial charge in [0.25, 0.3) is 0 Å². The summed E-state index contributed by atoms with van der Waals surface area (Å²) >= 11 is 0. The molecule has 0 amide bonds. The summed E-state index contributed by atoms with van der Waals surface area (Å²) in [6.07, 6.45) is 5.09. The minimum absolute atomic E-state index is 0.384. The van der Waals surface area contributed by atoms with Crippen LogP contribution in [-0.2, 0) is 4.74 Å². The van der Waals surface area contributed by atoms with Gasteiger partial charge in [-0.2, -0.15) is 0 Å². The molecule has 0 aromatic heterocycles. The summed E-state index contributed by atoms with van der Waals surface area (Å²) in [4.78, 5) is 0. The minimum Gasteiger partial charge on any atom is -0.381 e. The predicted molar refractivity (Wildman–Crippen MR) is 55.6 cm³/mol. The molecule has 0 aliphatic heterocycles. The molecule has 1 aliphatic rings. The zero-order valence-corrected chi connectivity index (χ0v) is 8.96. The van der Waals surface area contributed by atoms with Gasteiger partial charge in [-0.05, 0) is 38.0 Å². The summed E-state index contributed by atoms with van der Waals surface area (Å²) in [5.74, 6) is 1.50. The zero-order valence-electron chi connectivity index (χ0n) is 8.96. The van der Waals surface area contributed by atoms with Gasteiger partial charge in [-0.15, -0.1) is 0 Å². The molecule has 1 saturated carbocycles.